The average molecular weight is 148 g/mol. The fraction of sp³-hybridized carbons (Fsp3) is 0.455. The van der Waals surface area contributed by atoms with E-state index in [9.17, 15) is 0 Å². The molecule has 0 aromatic heterocycles. The van der Waals surface area contributed by atoms with E-state index in [4.69, 9.17) is 0 Å². The molecule has 0 radical (unpaired) electrons. The minimum Gasteiger partial charge on any atom is -0.0805 e. The van der Waals surface area contributed by atoms with Crippen LogP contribution >= 0.6 is 0 Å². The topological polar surface area (TPSA) is 0 Å². The molecule has 0 heteroatoms. The molecular formula is C11H16. The second kappa shape index (κ2) is 4.17. The monoisotopic (exact) mass is 148 g/mol. The van der Waals surface area contributed by atoms with Crippen molar-refractivity contribution in [1.82, 2.24) is 0 Å². The normalized spacial score (nSPS) is 17.3. The first-order valence-electron chi connectivity index (χ1n) is 4.37. The van der Waals surface area contributed by atoms with Crippen molar-refractivity contribution in [2.24, 2.45) is 0 Å². The van der Waals surface area contributed by atoms with Crippen LogP contribution in [0.5, 0.6) is 0 Å². The van der Waals surface area contributed by atoms with Gasteiger partial charge in [-0.25, -0.2) is 0 Å². The maximum atomic E-state index is 2.28. The van der Waals surface area contributed by atoms with Crippen LogP contribution < -0.4 is 0 Å². The minimum absolute atomic E-state index is 1.09. The predicted octanol–water partition coefficient (Wildman–Crippen LogP) is 3.62. The van der Waals surface area contributed by atoms with Gasteiger partial charge in [-0.05, 0) is 25.3 Å². The summed E-state index contributed by atoms with van der Waals surface area (Å²) in [5, 5.41) is 0. The molecule has 0 fully saturated rings. The van der Waals surface area contributed by atoms with Crippen molar-refractivity contribution in [3.63, 3.8) is 0 Å². The van der Waals surface area contributed by atoms with Crippen LogP contribution in [-0.2, 0) is 0 Å². The highest BCUT2D eigenvalue weighted by atomic mass is 14.0. The first kappa shape index (κ1) is 8.32. The third kappa shape index (κ3) is 2.75. The van der Waals surface area contributed by atoms with E-state index in [1.807, 2.05) is 0 Å². The molecule has 0 unspecified atom stereocenters. The van der Waals surface area contributed by atoms with Crippen LogP contribution in [0.3, 0.4) is 0 Å². The van der Waals surface area contributed by atoms with Gasteiger partial charge in [-0.1, -0.05) is 43.2 Å². The Morgan fingerprint density at radius 2 is 2.27 bits per heavy atom. The molecule has 0 atom stereocenters. The highest BCUT2D eigenvalue weighted by molar-refractivity contribution is 5.32. The van der Waals surface area contributed by atoms with Gasteiger partial charge in [0.2, 0.25) is 0 Å². The molecule has 0 amide bonds. The van der Waals surface area contributed by atoms with E-state index < -0.39 is 0 Å². The second-order valence-electron chi connectivity index (χ2n) is 3.06. The molecule has 0 spiro atoms. The average Bonchev–Trinajstić information content (AvgIpc) is 2.15. The molecule has 0 heterocycles. The molecule has 0 nitrogen and oxygen atoms in total. The maximum Gasteiger partial charge on any atom is -0.0160 e. The Morgan fingerprint density at radius 1 is 1.45 bits per heavy atom. The van der Waals surface area contributed by atoms with Gasteiger partial charge in [0, 0.05) is 0 Å². The third-order valence-electron chi connectivity index (χ3n) is 1.86. The zero-order chi connectivity index (χ0) is 8.10. The zero-order valence-electron chi connectivity index (χ0n) is 7.43. The standard InChI is InChI=1S/C11H16/c1-3-6-11-8-5-4-7-10(2)9-11/h5,7-9H,3-4,6H2,1-2H3. The Balaban J connectivity index is 2.68. The van der Waals surface area contributed by atoms with E-state index in [1.165, 1.54) is 24.0 Å². The molecule has 0 aliphatic heterocycles. The summed E-state index contributed by atoms with van der Waals surface area (Å²) in [4.78, 5) is 0. The summed E-state index contributed by atoms with van der Waals surface area (Å²) < 4.78 is 0. The van der Waals surface area contributed by atoms with Crippen LogP contribution in [0.15, 0.2) is 35.5 Å². The summed E-state index contributed by atoms with van der Waals surface area (Å²) in [5.74, 6) is 0. The Bertz CT molecular complexity index is 204. The molecule has 0 aromatic carbocycles. The van der Waals surface area contributed by atoms with Gasteiger partial charge in [-0.15, -0.1) is 0 Å². The highest BCUT2D eigenvalue weighted by Crippen LogP contribution is 2.14. The van der Waals surface area contributed by atoms with Crippen LogP contribution in [0, 0.1) is 0 Å². The van der Waals surface area contributed by atoms with Gasteiger partial charge in [-0.3, -0.25) is 0 Å². The summed E-state index contributed by atoms with van der Waals surface area (Å²) in [6.07, 6.45) is 12.6. The number of hydrogen-bond acceptors (Lipinski definition) is 0. The lowest BCUT2D eigenvalue weighted by Gasteiger charge is -1.97. The fourth-order valence-corrected chi connectivity index (χ4v) is 1.32. The zero-order valence-corrected chi connectivity index (χ0v) is 7.43. The molecule has 0 N–H and O–H groups in total. The van der Waals surface area contributed by atoms with Crippen molar-refractivity contribution in [2.45, 2.75) is 33.1 Å². The van der Waals surface area contributed by atoms with E-state index >= 15 is 0 Å². The Labute approximate surface area is 69.3 Å². The predicted molar refractivity (Wildman–Crippen MR) is 50.5 cm³/mol. The Hall–Kier alpha value is -0.780. The van der Waals surface area contributed by atoms with E-state index in [0.717, 1.165) is 6.42 Å². The quantitative estimate of drug-likeness (QED) is 0.561. The van der Waals surface area contributed by atoms with E-state index in [0.29, 0.717) is 0 Å². The van der Waals surface area contributed by atoms with Crippen molar-refractivity contribution in [1.29, 1.82) is 0 Å². The lowest BCUT2D eigenvalue weighted by molar-refractivity contribution is 0.925. The lowest BCUT2D eigenvalue weighted by Crippen LogP contribution is -1.77. The van der Waals surface area contributed by atoms with Crippen molar-refractivity contribution in [2.75, 3.05) is 0 Å². The van der Waals surface area contributed by atoms with Crippen LogP contribution in [0.1, 0.15) is 33.1 Å². The second-order valence-corrected chi connectivity index (χ2v) is 3.06. The summed E-state index contributed by atoms with van der Waals surface area (Å²) in [6, 6.07) is 0. The molecule has 0 aromatic rings. The van der Waals surface area contributed by atoms with Crippen molar-refractivity contribution < 1.29 is 0 Å². The van der Waals surface area contributed by atoms with Gasteiger partial charge in [0.25, 0.3) is 0 Å². The molecule has 1 aliphatic rings. The highest BCUT2D eigenvalue weighted by Gasteiger charge is 1.94. The molecule has 0 saturated heterocycles. The molecular weight excluding hydrogens is 132 g/mol. The first-order valence-corrected chi connectivity index (χ1v) is 4.37. The van der Waals surface area contributed by atoms with Crippen LogP contribution in [0.2, 0.25) is 0 Å². The largest absolute Gasteiger partial charge is 0.0805 e. The van der Waals surface area contributed by atoms with Crippen molar-refractivity contribution in [3.8, 4) is 0 Å². The van der Waals surface area contributed by atoms with Crippen molar-refractivity contribution >= 4 is 0 Å². The van der Waals surface area contributed by atoms with Gasteiger partial charge in [-0.2, -0.15) is 0 Å². The molecule has 60 valence electrons. The van der Waals surface area contributed by atoms with E-state index in [2.05, 4.69) is 38.2 Å². The van der Waals surface area contributed by atoms with E-state index in [1.54, 1.807) is 0 Å². The molecule has 0 saturated carbocycles. The number of rotatable bonds is 2. The van der Waals surface area contributed by atoms with Gasteiger partial charge in [0.15, 0.2) is 0 Å². The summed E-state index contributed by atoms with van der Waals surface area (Å²) in [5.41, 5.74) is 2.87. The van der Waals surface area contributed by atoms with Crippen LogP contribution in [0.25, 0.3) is 0 Å². The minimum atomic E-state index is 1.09. The smallest absolute Gasteiger partial charge is 0.0160 e. The van der Waals surface area contributed by atoms with Crippen molar-refractivity contribution in [3.05, 3.63) is 35.5 Å². The molecule has 1 aliphatic carbocycles. The number of allylic oxidation sites excluding steroid dienone is 6. The molecule has 1 rings (SSSR count). The molecule has 0 bridgehead atoms. The first-order chi connectivity index (χ1) is 5.33. The van der Waals surface area contributed by atoms with Crippen LogP contribution in [-0.4, -0.2) is 0 Å². The lowest BCUT2D eigenvalue weighted by atomic mass is 10.1. The van der Waals surface area contributed by atoms with Gasteiger partial charge in [0.1, 0.15) is 0 Å². The summed E-state index contributed by atoms with van der Waals surface area (Å²) in [6.45, 7) is 4.39. The Morgan fingerprint density at radius 3 is 3.00 bits per heavy atom. The summed E-state index contributed by atoms with van der Waals surface area (Å²) >= 11 is 0. The van der Waals surface area contributed by atoms with Gasteiger partial charge < -0.3 is 0 Å². The van der Waals surface area contributed by atoms with Crippen LogP contribution in [0.4, 0.5) is 0 Å². The third-order valence-corrected chi connectivity index (χ3v) is 1.86. The fourth-order valence-electron chi connectivity index (χ4n) is 1.32. The molecule has 11 heavy (non-hydrogen) atoms. The van der Waals surface area contributed by atoms with E-state index in [-0.39, 0.29) is 0 Å². The number of hydrogen-bond donors (Lipinski definition) is 0. The summed E-state index contributed by atoms with van der Waals surface area (Å²) in [7, 11) is 0. The Kier molecular flexibility index (Phi) is 3.15. The maximum absolute atomic E-state index is 2.28. The van der Waals surface area contributed by atoms with Gasteiger partial charge in [0.05, 0.1) is 0 Å². The van der Waals surface area contributed by atoms with Gasteiger partial charge >= 0.3 is 0 Å². The SMILES string of the molecule is CCCC1=CC(C)=CCC=C1.